The number of carbonyl (C=O) groups excluding carboxylic acids is 1. The highest BCUT2D eigenvalue weighted by molar-refractivity contribution is 5.76. The van der Waals surface area contributed by atoms with Crippen molar-refractivity contribution in [2.45, 2.75) is 65.0 Å². The summed E-state index contributed by atoms with van der Waals surface area (Å²) < 4.78 is 0. The second kappa shape index (κ2) is 6.89. The largest absolute Gasteiger partial charge is 0.353 e. The van der Waals surface area contributed by atoms with Gasteiger partial charge in [-0.2, -0.15) is 0 Å². The van der Waals surface area contributed by atoms with E-state index < -0.39 is 0 Å². The third-order valence-corrected chi connectivity index (χ3v) is 3.21. The molecule has 1 fully saturated rings. The normalized spacial score (nSPS) is 25.8. The molecule has 2 unspecified atom stereocenters. The first-order valence-corrected chi connectivity index (χ1v) is 6.60. The first-order chi connectivity index (χ1) is 7.58. The van der Waals surface area contributed by atoms with Crippen molar-refractivity contribution in [1.29, 1.82) is 0 Å². The van der Waals surface area contributed by atoms with Crippen molar-refractivity contribution < 1.29 is 4.79 Å². The highest BCUT2D eigenvalue weighted by atomic mass is 16.1. The number of hydrogen-bond donors (Lipinski definition) is 2. The molecule has 2 atom stereocenters. The predicted octanol–water partition coefficient (Wildman–Crippen LogP) is 2.07. The summed E-state index contributed by atoms with van der Waals surface area (Å²) in [7, 11) is 0. The van der Waals surface area contributed by atoms with Gasteiger partial charge in [0.1, 0.15) is 0 Å². The first kappa shape index (κ1) is 13.5. The van der Waals surface area contributed by atoms with Crippen LogP contribution in [0.5, 0.6) is 0 Å². The third-order valence-electron chi connectivity index (χ3n) is 3.21. The molecule has 2 N–H and O–H groups in total. The van der Waals surface area contributed by atoms with Gasteiger partial charge >= 0.3 is 0 Å². The van der Waals surface area contributed by atoms with Crippen LogP contribution in [-0.4, -0.2) is 24.5 Å². The number of rotatable bonds is 5. The van der Waals surface area contributed by atoms with Crippen molar-refractivity contribution in [2.24, 2.45) is 5.92 Å². The second-order valence-electron chi connectivity index (χ2n) is 5.40. The van der Waals surface area contributed by atoms with Crippen molar-refractivity contribution in [1.82, 2.24) is 10.6 Å². The number of nitrogens with one attached hydrogen (secondary N) is 2. The van der Waals surface area contributed by atoms with E-state index in [0.717, 1.165) is 25.3 Å². The molecule has 94 valence electrons. The summed E-state index contributed by atoms with van der Waals surface area (Å²) in [6, 6.07) is 0.887. The molecule has 0 aromatic heterocycles. The fraction of sp³-hybridized carbons (Fsp3) is 0.923. The fourth-order valence-corrected chi connectivity index (χ4v) is 2.34. The van der Waals surface area contributed by atoms with E-state index in [1.807, 2.05) is 0 Å². The lowest BCUT2D eigenvalue weighted by molar-refractivity contribution is -0.122. The zero-order valence-corrected chi connectivity index (χ0v) is 10.9. The van der Waals surface area contributed by atoms with Crippen molar-refractivity contribution in [2.75, 3.05) is 6.54 Å². The summed E-state index contributed by atoms with van der Waals surface area (Å²) in [5.74, 6) is 0.972. The molecule has 1 amide bonds. The van der Waals surface area contributed by atoms with Gasteiger partial charge in [0.2, 0.25) is 5.91 Å². The Balaban J connectivity index is 2.13. The monoisotopic (exact) mass is 226 g/mol. The van der Waals surface area contributed by atoms with Gasteiger partial charge in [0.05, 0.1) is 0 Å². The minimum atomic E-state index is 0.201. The van der Waals surface area contributed by atoms with Crippen LogP contribution in [0.2, 0.25) is 0 Å². The van der Waals surface area contributed by atoms with Crippen molar-refractivity contribution in [3.05, 3.63) is 0 Å². The number of amides is 1. The van der Waals surface area contributed by atoms with Crippen LogP contribution in [0.15, 0.2) is 0 Å². The van der Waals surface area contributed by atoms with Gasteiger partial charge < -0.3 is 10.6 Å². The van der Waals surface area contributed by atoms with Crippen molar-refractivity contribution >= 4 is 5.91 Å². The van der Waals surface area contributed by atoms with E-state index in [1.165, 1.54) is 12.8 Å². The van der Waals surface area contributed by atoms with E-state index in [1.54, 1.807) is 0 Å². The van der Waals surface area contributed by atoms with Gasteiger partial charge in [-0.25, -0.2) is 0 Å². The Hall–Kier alpha value is -0.570. The maximum Gasteiger partial charge on any atom is 0.221 e. The molecule has 1 aliphatic carbocycles. The van der Waals surface area contributed by atoms with E-state index in [-0.39, 0.29) is 5.91 Å². The van der Waals surface area contributed by atoms with E-state index in [9.17, 15) is 4.79 Å². The SMILES string of the molecule is CC1CCCC(NC(=O)CCNC(C)C)C1. The minimum absolute atomic E-state index is 0.201. The standard InChI is InChI=1S/C13H26N2O/c1-10(2)14-8-7-13(16)15-12-6-4-5-11(3)9-12/h10-12,14H,4-9H2,1-3H3,(H,15,16). The van der Waals surface area contributed by atoms with Crippen molar-refractivity contribution in [3.63, 3.8) is 0 Å². The molecular weight excluding hydrogens is 200 g/mol. The number of carbonyl (C=O) groups is 1. The molecule has 3 nitrogen and oxygen atoms in total. The van der Waals surface area contributed by atoms with Crippen LogP contribution in [0, 0.1) is 5.92 Å². The molecule has 1 aliphatic rings. The summed E-state index contributed by atoms with van der Waals surface area (Å²) in [5, 5.41) is 6.41. The Morgan fingerprint density at radius 3 is 2.75 bits per heavy atom. The van der Waals surface area contributed by atoms with Crippen LogP contribution < -0.4 is 10.6 Å². The highest BCUT2D eigenvalue weighted by Gasteiger charge is 2.19. The molecular formula is C13H26N2O. The molecule has 3 heteroatoms. The Bertz CT molecular complexity index is 216. The molecule has 1 saturated carbocycles. The third kappa shape index (κ3) is 5.50. The molecule has 0 bridgehead atoms. The molecule has 0 saturated heterocycles. The van der Waals surface area contributed by atoms with Gasteiger partial charge in [0, 0.05) is 25.0 Å². The van der Waals surface area contributed by atoms with E-state index in [2.05, 4.69) is 31.4 Å². The molecule has 0 aromatic carbocycles. The summed E-state index contributed by atoms with van der Waals surface area (Å²) in [5.41, 5.74) is 0. The van der Waals surface area contributed by atoms with Gasteiger partial charge in [-0.3, -0.25) is 4.79 Å². The van der Waals surface area contributed by atoms with Crippen LogP contribution in [0.1, 0.15) is 52.9 Å². The maximum atomic E-state index is 11.6. The Morgan fingerprint density at radius 2 is 2.12 bits per heavy atom. The zero-order valence-electron chi connectivity index (χ0n) is 10.9. The Kier molecular flexibility index (Phi) is 5.81. The summed E-state index contributed by atoms with van der Waals surface area (Å²) in [4.78, 5) is 11.6. The second-order valence-corrected chi connectivity index (χ2v) is 5.40. The zero-order chi connectivity index (χ0) is 12.0. The predicted molar refractivity (Wildman–Crippen MR) is 67.3 cm³/mol. The van der Waals surface area contributed by atoms with Crippen LogP contribution in [0.4, 0.5) is 0 Å². The molecule has 0 aliphatic heterocycles. The smallest absolute Gasteiger partial charge is 0.221 e. The molecule has 0 radical (unpaired) electrons. The lowest BCUT2D eigenvalue weighted by atomic mass is 9.87. The van der Waals surface area contributed by atoms with Crippen LogP contribution in [0.3, 0.4) is 0 Å². The Morgan fingerprint density at radius 1 is 1.38 bits per heavy atom. The minimum Gasteiger partial charge on any atom is -0.353 e. The number of hydrogen-bond acceptors (Lipinski definition) is 2. The maximum absolute atomic E-state index is 11.6. The topological polar surface area (TPSA) is 41.1 Å². The molecule has 0 spiro atoms. The van der Waals surface area contributed by atoms with Gasteiger partial charge in [0.15, 0.2) is 0 Å². The van der Waals surface area contributed by atoms with Crippen LogP contribution >= 0.6 is 0 Å². The van der Waals surface area contributed by atoms with Crippen LogP contribution in [0.25, 0.3) is 0 Å². The average Bonchev–Trinajstić information content (AvgIpc) is 2.16. The van der Waals surface area contributed by atoms with E-state index >= 15 is 0 Å². The molecule has 0 heterocycles. The molecule has 16 heavy (non-hydrogen) atoms. The summed E-state index contributed by atoms with van der Waals surface area (Å²) in [6.45, 7) is 7.26. The lowest BCUT2D eigenvalue weighted by Crippen LogP contribution is -2.39. The Labute approximate surface area is 99.4 Å². The van der Waals surface area contributed by atoms with Gasteiger partial charge in [-0.1, -0.05) is 33.6 Å². The van der Waals surface area contributed by atoms with Gasteiger partial charge in [-0.05, 0) is 18.8 Å². The van der Waals surface area contributed by atoms with Crippen LogP contribution in [-0.2, 0) is 4.79 Å². The first-order valence-electron chi connectivity index (χ1n) is 6.60. The van der Waals surface area contributed by atoms with Gasteiger partial charge in [0.25, 0.3) is 0 Å². The fourth-order valence-electron chi connectivity index (χ4n) is 2.34. The summed E-state index contributed by atoms with van der Waals surface area (Å²) >= 11 is 0. The quantitative estimate of drug-likeness (QED) is 0.753. The molecule has 0 aromatic rings. The lowest BCUT2D eigenvalue weighted by Gasteiger charge is -2.27. The average molecular weight is 226 g/mol. The van der Waals surface area contributed by atoms with E-state index in [4.69, 9.17) is 0 Å². The van der Waals surface area contributed by atoms with Gasteiger partial charge in [-0.15, -0.1) is 0 Å². The van der Waals surface area contributed by atoms with Crippen molar-refractivity contribution in [3.8, 4) is 0 Å². The van der Waals surface area contributed by atoms with E-state index in [0.29, 0.717) is 18.5 Å². The summed E-state index contributed by atoms with van der Waals surface area (Å²) in [6.07, 6.45) is 5.50. The molecule has 1 rings (SSSR count). The highest BCUT2D eigenvalue weighted by Crippen LogP contribution is 2.23.